The highest BCUT2D eigenvalue weighted by Crippen LogP contribution is 2.27. The van der Waals surface area contributed by atoms with Gasteiger partial charge in [-0.2, -0.15) is 5.26 Å². The average molecular weight is 259 g/mol. The first-order valence-corrected chi connectivity index (χ1v) is 5.38. The third-order valence-corrected chi connectivity index (χ3v) is 2.40. The minimum atomic E-state index is 0.154. The molecule has 88 valence electrons. The molecule has 2 aromatic rings. The van der Waals surface area contributed by atoms with E-state index in [1.54, 1.807) is 24.3 Å². The SMILES string of the molecule is N#Cc1cccc(Nc2nc(Cl)ccc2N=O)c1. The van der Waals surface area contributed by atoms with Crippen LogP contribution in [0.4, 0.5) is 17.2 Å². The van der Waals surface area contributed by atoms with Crippen LogP contribution in [0, 0.1) is 16.2 Å². The minimum Gasteiger partial charge on any atom is -0.338 e. The number of aromatic nitrogens is 1. The van der Waals surface area contributed by atoms with Gasteiger partial charge in [0.25, 0.3) is 0 Å². The second kappa shape index (κ2) is 5.25. The first kappa shape index (κ1) is 12.0. The maximum Gasteiger partial charge on any atom is 0.161 e. The van der Waals surface area contributed by atoms with E-state index in [-0.39, 0.29) is 16.7 Å². The maximum absolute atomic E-state index is 10.6. The lowest BCUT2D eigenvalue weighted by Crippen LogP contribution is -1.94. The Morgan fingerprint density at radius 1 is 1.33 bits per heavy atom. The Bertz CT molecular complexity index is 636. The number of nitriles is 1. The first-order chi connectivity index (χ1) is 8.72. The highest BCUT2D eigenvalue weighted by atomic mass is 35.5. The first-order valence-electron chi connectivity index (χ1n) is 5.00. The van der Waals surface area contributed by atoms with Crippen molar-refractivity contribution < 1.29 is 0 Å². The molecule has 0 atom stereocenters. The number of benzene rings is 1. The van der Waals surface area contributed by atoms with Gasteiger partial charge in [-0.05, 0) is 35.5 Å². The van der Waals surface area contributed by atoms with E-state index in [9.17, 15) is 4.91 Å². The molecule has 18 heavy (non-hydrogen) atoms. The van der Waals surface area contributed by atoms with Gasteiger partial charge in [-0.1, -0.05) is 17.7 Å². The van der Waals surface area contributed by atoms with Gasteiger partial charge in [-0.15, -0.1) is 4.91 Å². The van der Waals surface area contributed by atoms with Gasteiger partial charge in [0.2, 0.25) is 0 Å². The van der Waals surface area contributed by atoms with Crippen molar-refractivity contribution in [2.24, 2.45) is 5.18 Å². The minimum absolute atomic E-state index is 0.154. The number of pyridine rings is 1. The standard InChI is InChI=1S/C12H7ClN4O/c13-11-5-4-10(17-18)12(16-11)15-9-3-1-2-8(6-9)7-14/h1-6H,(H,15,16). The fourth-order valence-electron chi connectivity index (χ4n) is 1.40. The summed E-state index contributed by atoms with van der Waals surface area (Å²) < 4.78 is 0. The van der Waals surface area contributed by atoms with Crippen LogP contribution in [0.25, 0.3) is 0 Å². The molecule has 0 bridgehead atoms. The molecule has 1 aromatic heterocycles. The summed E-state index contributed by atoms with van der Waals surface area (Å²) >= 11 is 5.75. The molecule has 1 aromatic carbocycles. The van der Waals surface area contributed by atoms with E-state index in [1.807, 2.05) is 6.07 Å². The molecule has 6 heteroatoms. The third kappa shape index (κ3) is 2.62. The van der Waals surface area contributed by atoms with E-state index in [0.29, 0.717) is 11.3 Å². The second-order valence-electron chi connectivity index (χ2n) is 3.41. The van der Waals surface area contributed by atoms with E-state index >= 15 is 0 Å². The van der Waals surface area contributed by atoms with Crippen LogP contribution in [0.3, 0.4) is 0 Å². The maximum atomic E-state index is 10.6. The zero-order valence-electron chi connectivity index (χ0n) is 9.09. The molecule has 0 aliphatic heterocycles. The van der Waals surface area contributed by atoms with Gasteiger partial charge in [0.15, 0.2) is 11.5 Å². The Labute approximate surface area is 108 Å². The molecule has 1 heterocycles. The summed E-state index contributed by atoms with van der Waals surface area (Å²) in [5.74, 6) is 0.257. The fraction of sp³-hybridized carbons (Fsp3) is 0. The van der Waals surface area contributed by atoms with Crippen molar-refractivity contribution in [2.45, 2.75) is 0 Å². The normalized spacial score (nSPS) is 9.56. The number of anilines is 2. The van der Waals surface area contributed by atoms with Crippen molar-refractivity contribution in [3.63, 3.8) is 0 Å². The highest BCUT2D eigenvalue weighted by molar-refractivity contribution is 6.29. The van der Waals surface area contributed by atoms with Crippen LogP contribution >= 0.6 is 11.6 Å². The molecule has 1 N–H and O–H groups in total. The van der Waals surface area contributed by atoms with Gasteiger partial charge >= 0.3 is 0 Å². The predicted molar refractivity (Wildman–Crippen MR) is 69.1 cm³/mol. The summed E-state index contributed by atoms with van der Waals surface area (Å²) in [6.07, 6.45) is 0. The van der Waals surface area contributed by atoms with Crippen LogP contribution in [0.2, 0.25) is 5.15 Å². The lowest BCUT2D eigenvalue weighted by Gasteiger charge is -2.07. The van der Waals surface area contributed by atoms with Crippen LogP contribution in [-0.4, -0.2) is 4.98 Å². The Kier molecular flexibility index (Phi) is 3.51. The third-order valence-electron chi connectivity index (χ3n) is 2.19. The van der Waals surface area contributed by atoms with Crippen molar-refractivity contribution in [3.05, 3.63) is 52.0 Å². The zero-order valence-corrected chi connectivity index (χ0v) is 9.85. The summed E-state index contributed by atoms with van der Waals surface area (Å²) in [7, 11) is 0. The Hall–Kier alpha value is -2.45. The number of nitrogens with one attached hydrogen (secondary N) is 1. The number of rotatable bonds is 3. The molecule has 0 fully saturated rings. The monoisotopic (exact) mass is 258 g/mol. The van der Waals surface area contributed by atoms with Crippen LogP contribution in [0.15, 0.2) is 41.6 Å². The second-order valence-corrected chi connectivity index (χ2v) is 3.80. The summed E-state index contributed by atoms with van der Waals surface area (Å²) in [5, 5.41) is 14.8. The number of nitroso groups, excluding NO2 is 1. The molecule has 0 saturated carbocycles. The van der Waals surface area contributed by atoms with E-state index in [1.165, 1.54) is 12.1 Å². The van der Waals surface area contributed by atoms with Crippen LogP contribution in [0.5, 0.6) is 0 Å². The average Bonchev–Trinajstić information content (AvgIpc) is 2.39. The number of hydrogen-bond donors (Lipinski definition) is 1. The molecule has 0 saturated heterocycles. The topological polar surface area (TPSA) is 78.1 Å². The van der Waals surface area contributed by atoms with Gasteiger partial charge in [-0.3, -0.25) is 0 Å². The van der Waals surface area contributed by atoms with Crippen molar-refractivity contribution in [1.29, 1.82) is 5.26 Å². The van der Waals surface area contributed by atoms with Gasteiger partial charge in [0.1, 0.15) is 5.15 Å². The number of hydrogen-bond acceptors (Lipinski definition) is 5. The molecular weight excluding hydrogens is 252 g/mol. The number of halogens is 1. The molecule has 0 amide bonds. The highest BCUT2D eigenvalue weighted by Gasteiger charge is 2.06. The molecule has 5 nitrogen and oxygen atoms in total. The lowest BCUT2D eigenvalue weighted by molar-refractivity contribution is 1.28. The molecular formula is C12H7ClN4O. The summed E-state index contributed by atoms with van der Waals surface area (Å²) in [6, 6.07) is 11.8. The Morgan fingerprint density at radius 3 is 2.89 bits per heavy atom. The van der Waals surface area contributed by atoms with Crippen molar-refractivity contribution in [1.82, 2.24) is 4.98 Å². The smallest absolute Gasteiger partial charge is 0.161 e. The van der Waals surface area contributed by atoms with Crippen molar-refractivity contribution in [3.8, 4) is 6.07 Å². The van der Waals surface area contributed by atoms with Gasteiger partial charge in [-0.25, -0.2) is 4.98 Å². The number of nitrogens with zero attached hydrogens (tertiary/aromatic N) is 3. The molecule has 0 aliphatic rings. The van der Waals surface area contributed by atoms with Crippen LogP contribution in [0.1, 0.15) is 5.56 Å². The summed E-state index contributed by atoms with van der Waals surface area (Å²) in [5.41, 5.74) is 1.29. The lowest BCUT2D eigenvalue weighted by atomic mass is 10.2. The summed E-state index contributed by atoms with van der Waals surface area (Å²) in [6.45, 7) is 0. The van der Waals surface area contributed by atoms with Crippen LogP contribution < -0.4 is 5.32 Å². The summed E-state index contributed by atoms with van der Waals surface area (Å²) in [4.78, 5) is 14.6. The van der Waals surface area contributed by atoms with Gasteiger partial charge in [0.05, 0.1) is 11.6 Å². The van der Waals surface area contributed by atoms with Crippen molar-refractivity contribution >= 4 is 28.8 Å². The van der Waals surface area contributed by atoms with Gasteiger partial charge in [0, 0.05) is 5.69 Å². The van der Waals surface area contributed by atoms with E-state index in [2.05, 4.69) is 15.5 Å². The molecule has 0 unspecified atom stereocenters. The molecule has 2 rings (SSSR count). The molecule has 0 spiro atoms. The van der Waals surface area contributed by atoms with E-state index in [0.717, 1.165) is 0 Å². The quantitative estimate of drug-likeness (QED) is 0.672. The predicted octanol–water partition coefficient (Wildman–Crippen LogP) is 3.75. The fourth-order valence-corrected chi connectivity index (χ4v) is 1.54. The van der Waals surface area contributed by atoms with E-state index in [4.69, 9.17) is 16.9 Å². The van der Waals surface area contributed by atoms with E-state index < -0.39 is 0 Å². The largest absolute Gasteiger partial charge is 0.338 e. The Balaban J connectivity index is 2.36. The van der Waals surface area contributed by atoms with Gasteiger partial charge < -0.3 is 5.32 Å². The van der Waals surface area contributed by atoms with Crippen LogP contribution in [-0.2, 0) is 0 Å². The molecule has 0 radical (unpaired) electrons. The molecule has 0 aliphatic carbocycles. The Morgan fingerprint density at radius 2 is 2.17 bits per heavy atom. The zero-order chi connectivity index (χ0) is 13.0. The van der Waals surface area contributed by atoms with Crippen molar-refractivity contribution in [2.75, 3.05) is 5.32 Å².